The molecule has 5 rings (SSSR count). The molecule has 7 nitrogen and oxygen atoms in total. The Morgan fingerprint density at radius 2 is 1.90 bits per heavy atom. The van der Waals surface area contributed by atoms with E-state index in [0.29, 0.717) is 48.4 Å². The summed E-state index contributed by atoms with van der Waals surface area (Å²) in [5, 5.41) is 5.52. The maximum Gasteiger partial charge on any atom is 0.276 e. The number of benzene rings is 2. The van der Waals surface area contributed by atoms with Crippen LogP contribution in [0.25, 0.3) is 21.5 Å². The molecule has 0 aliphatic carbocycles. The Kier molecular flexibility index (Phi) is 5.25. The number of thiazole rings is 1. The fourth-order valence-corrected chi connectivity index (χ4v) is 4.93. The van der Waals surface area contributed by atoms with Crippen LogP contribution in [0.2, 0.25) is 5.02 Å². The van der Waals surface area contributed by atoms with Crippen molar-refractivity contribution in [2.75, 3.05) is 38.2 Å². The van der Waals surface area contributed by atoms with E-state index in [-0.39, 0.29) is 5.91 Å². The molecule has 1 fully saturated rings. The fraction of sp³-hybridized carbons (Fsp3) is 0.227. The van der Waals surface area contributed by atoms with E-state index < -0.39 is 0 Å². The molecule has 1 aliphatic rings. The third-order valence-corrected chi connectivity index (χ3v) is 6.87. The van der Waals surface area contributed by atoms with Crippen molar-refractivity contribution in [2.24, 2.45) is 0 Å². The van der Waals surface area contributed by atoms with Crippen LogP contribution in [0.15, 0.2) is 53.1 Å². The van der Waals surface area contributed by atoms with Crippen LogP contribution in [0.4, 0.5) is 5.13 Å². The first kappa shape index (κ1) is 19.8. The second-order valence-corrected chi connectivity index (χ2v) is 8.53. The van der Waals surface area contributed by atoms with Crippen LogP contribution in [-0.2, 0) is 0 Å². The summed E-state index contributed by atoms with van der Waals surface area (Å²) in [6.45, 7) is 2.50. The lowest BCUT2D eigenvalue weighted by Crippen LogP contribution is -2.48. The zero-order valence-corrected chi connectivity index (χ0v) is 18.3. The molecule has 0 atom stereocenters. The normalized spacial score (nSPS) is 14.3. The van der Waals surface area contributed by atoms with Gasteiger partial charge >= 0.3 is 0 Å². The van der Waals surface area contributed by atoms with Crippen LogP contribution in [0, 0.1) is 0 Å². The Bertz CT molecular complexity index is 1230. The van der Waals surface area contributed by atoms with Gasteiger partial charge in [0.05, 0.1) is 16.8 Å². The Labute approximate surface area is 187 Å². The number of hydrogen-bond donors (Lipinski definition) is 0. The van der Waals surface area contributed by atoms with Crippen LogP contribution >= 0.6 is 22.9 Å². The number of hydrogen-bond acceptors (Lipinski definition) is 7. The molecular weight excluding hydrogens is 436 g/mol. The van der Waals surface area contributed by atoms with Gasteiger partial charge in [-0.05, 0) is 12.1 Å². The third kappa shape index (κ3) is 3.73. The SMILES string of the molecule is COc1ccc(Cl)c2sc(N3CCN(C(=O)c4cc(-c5ccccc5)on4)CC3)nc12. The number of amides is 1. The summed E-state index contributed by atoms with van der Waals surface area (Å²) in [7, 11) is 1.62. The molecule has 0 N–H and O–H groups in total. The Morgan fingerprint density at radius 1 is 1.13 bits per heavy atom. The van der Waals surface area contributed by atoms with Gasteiger partial charge < -0.3 is 19.1 Å². The van der Waals surface area contributed by atoms with E-state index in [1.165, 1.54) is 11.3 Å². The van der Waals surface area contributed by atoms with Gasteiger partial charge in [-0.3, -0.25) is 4.79 Å². The molecule has 9 heteroatoms. The highest BCUT2D eigenvalue weighted by atomic mass is 35.5. The maximum atomic E-state index is 12.9. The number of methoxy groups -OCH3 is 1. The molecule has 0 unspecified atom stereocenters. The number of nitrogens with zero attached hydrogens (tertiary/aromatic N) is 4. The molecule has 31 heavy (non-hydrogen) atoms. The molecule has 0 radical (unpaired) electrons. The van der Waals surface area contributed by atoms with Gasteiger partial charge in [-0.15, -0.1) is 0 Å². The first-order valence-corrected chi connectivity index (χ1v) is 11.0. The lowest BCUT2D eigenvalue weighted by molar-refractivity contribution is 0.0736. The molecular formula is C22H19ClN4O3S. The summed E-state index contributed by atoms with van der Waals surface area (Å²) in [5.74, 6) is 1.17. The van der Waals surface area contributed by atoms with Gasteiger partial charge in [-0.1, -0.05) is 58.4 Å². The molecule has 0 spiro atoms. The average Bonchev–Trinajstić information content (AvgIpc) is 3.48. The number of rotatable bonds is 4. The minimum absolute atomic E-state index is 0.125. The predicted molar refractivity (Wildman–Crippen MR) is 121 cm³/mol. The van der Waals surface area contributed by atoms with Crippen LogP contribution in [0.3, 0.4) is 0 Å². The summed E-state index contributed by atoms with van der Waals surface area (Å²) >= 11 is 7.88. The predicted octanol–water partition coefficient (Wildman–Crippen LogP) is 4.58. The number of halogens is 1. The summed E-state index contributed by atoms with van der Waals surface area (Å²) in [6.07, 6.45) is 0. The number of anilines is 1. The molecule has 1 amide bonds. The monoisotopic (exact) mass is 454 g/mol. The molecule has 3 heterocycles. The Hall–Kier alpha value is -3.10. The van der Waals surface area contributed by atoms with Crippen molar-refractivity contribution in [3.05, 3.63) is 59.2 Å². The van der Waals surface area contributed by atoms with Gasteiger partial charge in [0, 0.05) is 37.8 Å². The van der Waals surface area contributed by atoms with Crippen molar-refractivity contribution in [3.8, 4) is 17.1 Å². The van der Waals surface area contributed by atoms with Crippen LogP contribution in [-0.4, -0.2) is 54.2 Å². The van der Waals surface area contributed by atoms with E-state index in [9.17, 15) is 4.79 Å². The van der Waals surface area contributed by atoms with E-state index >= 15 is 0 Å². The highest BCUT2D eigenvalue weighted by molar-refractivity contribution is 7.22. The number of piperazine rings is 1. The van der Waals surface area contributed by atoms with Crippen molar-refractivity contribution >= 4 is 44.2 Å². The van der Waals surface area contributed by atoms with Gasteiger partial charge in [0.15, 0.2) is 16.6 Å². The molecule has 2 aromatic heterocycles. The quantitative estimate of drug-likeness (QED) is 0.449. The fourth-order valence-electron chi connectivity index (χ4n) is 3.62. The minimum atomic E-state index is -0.125. The highest BCUT2D eigenvalue weighted by Crippen LogP contribution is 2.38. The zero-order valence-electron chi connectivity index (χ0n) is 16.7. The third-order valence-electron chi connectivity index (χ3n) is 5.29. The molecule has 1 saturated heterocycles. The standard InChI is InChI=1S/C22H19ClN4O3S/c1-29-17-8-7-15(23)20-19(17)24-22(31-20)27-11-9-26(10-12-27)21(28)16-13-18(30-25-16)14-5-3-2-4-6-14/h2-8,13H,9-12H2,1H3. The van der Waals surface area contributed by atoms with E-state index in [1.54, 1.807) is 18.1 Å². The van der Waals surface area contributed by atoms with E-state index in [0.717, 1.165) is 20.9 Å². The number of fused-ring (bicyclic) bond motifs is 1. The van der Waals surface area contributed by atoms with Crippen molar-refractivity contribution < 1.29 is 14.1 Å². The lowest BCUT2D eigenvalue weighted by Gasteiger charge is -2.34. The minimum Gasteiger partial charge on any atom is -0.494 e. The van der Waals surface area contributed by atoms with E-state index in [4.69, 9.17) is 25.8 Å². The summed E-state index contributed by atoms with van der Waals surface area (Å²) in [6, 6.07) is 15.0. The van der Waals surface area contributed by atoms with E-state index in [1.807, 2.05) is 42.5 Å². The van der Waals surface area contributed by atoms with E-state index in [2.05, 4.69) is 10.1 Å². The van der Waals surface area contributed by atoms with Crippen LogP contribution < -0.4 is 9.64 Å². The topological polar surface area (TPSA) is 71.7 Å². The molecule has 0 bridgehead atoms. The number of carbonyl (C=O) groups excluding carboxylic acids is 1. The highest BCUT2D eigenvalue weighted by Gasteiger charge is 2.26. The lowest BCUT2D eigenvalue weighted by atomic mass is 10.1. The molecule has 4 aromatic rings. The zero-order chi connectivity index (χ0) is 21.4. The molecule has 158 valence electrons. The first-order chi connectivity index (χ1) is 15.1. The van der Waals surface area contributed by atoms with Crippen molar-refractivity contribution in [2.45, 2.75) is 0 Å². The average molecular weight is 455 g/mol. The number of carbonyl (C=O) groups is 1. The molecule has 0 saturated carbocycles. The smallest absolute Gasteiger partial charge is 0.276 e. The molecule has 2 aromatic carbocycles. The summed E-state index contributed by atoms with van der Waals surface area (Å²) in [4.78, 5) is 21.6. The summed E-state index contributed by atoms with van der Waals surface area (Å²) in [5.41, 5.74) is 1.98. The van der Waals surface area contributed by atoms with Crippen molar-refractivity contribution in [3.63, 3.8) is 0 Å². The van der Waals surface area contributed by atoms with Gasteiger partial charge in [0.2, 0.25) is 0 Å². The second-order valence-electron chi connectivity index (χ2n) is 7.15. The molecule has 1 aliphatic heterocycles. The summed E-state index contributed by atoms with van der Waals surface area (Å²) < 4.78 is 11.7. The Morgan fingerprint density at radius 3 is 2.65 bits per heavy atom. The van der Waals surface area contributed by atoms with Crippen LogP contribution in [0.5, 0.6) is 5.75 Å². The number of ether oxygens (including phenoxy) is 1. The van der Waals surface area contributed by atoms with Gasteiger partial charge in [-0.25, -0.2) is 4.98 Å². The largest absolute Gasteiger partial charge is 0.494 e. The van der Waals surface area contributed by atoms with Gasteiger partial charge in [0.1, 0.15) is 11.3 Å². The van der Waals surface area contributed by atoms with Crippen LogP contribution in [0.1, 0.15) is 10.5 Å². The first-order valence-electron chi connectivity index (χ1n) is 9.83. The van der Waals surface area contributed by atoms with Crippen molar-refractivity contribution in [1.29, 1.82) is 0 Å². The van der Waals surface area contributed by atoms with Crippen molar-refractivity contribution in [1.82, 2.24) is 15.0 Å². The second kappa shape index (κ2) is 8.20. The van der Waals surface area contributed by atoms with Gasteiger partial charge in [0.25, 0.3) is 5.91 Å². The van der Waals surface area contributed by atoms with Gasteiger partial charge in [-0.2, -0.15) is 0 Å². The Balaban J connectivity index is 1.29. The number of aromatic nitrogens is 2. The maximum absolute atomic E-state index is 12.9.